The van der Waals surface area contributed by atoms with Crippen molar-refractivity contribution in [2.45, 2.75) is 45.5 Å². The number of nitrogens with zero attached hydrogens (tertiary/aromatic N) is 1. The maximum Gasteiger partial charge on any atom is 0.0690 e. The van der Waals surface area contributed by atoms with Crippen LogP contribution in [0, 0.1) is 0 Å². The van der Waals surface area contributed by atoms with Gasteiger partial charge < -0.3 is 5.11 Å². The van der Waals surface area contributed by atoms with Gasteiger partial charge in [0.25, 0.3) is 0 Å². The summed E-state index contributed by atoms with van der Waals surface area (Å²) >= 11 is 0. The van der Waals surface area contributed by atoms with Crippen LogP contribution in [0.1, 0.15) is 31.4 Å². The molecule has 112 valence electrons. The molecule has 21 heavy (non-hydrogen) atoms. The van der Waals surface area contributed by atoms with Gasteiger partial charge in [0, 0.05) is 19.1 Å². The van der Waals surface area contributed by atoms with Crippen LogP contribution in [0.4, 0.5) is 0 Å². The Morgan fingerprint density at radius 1 is 0.857 bits per heavy atom. The van der Waals surface area contributed by atoms with E-state index in [1.807, 2.05) is 19.1 Å². The van der Waals surface area contributed by atoms with Gasteiger partial charge in [0.2, 0.25) is 0 Å². The van der Waals surface area contributed by atoms with Crippen molar-refractivity contribution >= 4 is 0 Å². The van der Waals surface area contributed by atoms with Crippen LogP contribution in [0.3, 0.4) is 0 Å². The Labute approximate surface area is 128 Å². The fraction of sp³-hybridized carbons (Fsp3) is 0.368. The SMILES string of the molecule is CC[C@@H](O)[C@H](C)N(Cc1ccccc1)Cc1ccccc1. The third-order valence-electron chi connectivity index (χ3n) is 4.01. The second-order valence-electron chi connectivity index (χ2n) is 5.59. The van der Waals surface area contributed by atoms with E-state index >= 15 is 0 Å². The van der Waals surface area contributed by atoms with E-state index in [2.05, 4.69) is 60.4 Å². The molecular weight excluding hydrogens is 258 g/mol. The van der Waals surface area contributed by atoms with E-state index in [-0.39, 0.29) is 12.1 Å². The lowest BCUT2D eigenvalue weighted by atomic mass is 10.1. The minimum Gasteiger partial charge on any atom is -0.392 e. The van der Waals surface area contributed by atoms with E-state index in [9.17, 15) is 5.11 Å². The van der Waals surface area contributed by atoms with Gasteiger partial charge in [-0.25, -0.2) is 0 Å². The minimum atomic E-state index is -0.294. The van der Waals surface area contributed by atoms with Crippen molar-refractivity contribution < 1.29 is 5.11 Å². The van der Waals surface area contributed by atoms with Gasteiger partial charge in [-0.15, -0.1) is 0 Å². The van der Waals surface area contributed by atoms with E-state index in [0.29, 0.717) is 0 Å². The summed E-state index contributed by atoms with van der Waals surface area (Å²) in [7, 11) is 0. The zero-order chi connectivity index (χ0) is 15.1. The molecule has 2 aromatic rings. The normalized spacial score (nSPS) is 14.1. The van der Waals surface area contributed by atoms with Crippen LogP contribution in [0.15, 0.2) is 60.7 Å². The van der Waals surface area contributed by atoms with Gasteiger partial charge in [0.15, 0.2) is 0 Å². The van der Waals surface area contributed by atoms with Gasteiger partial charge in [-0.3, -0.25) is 4.90 Å². The Morgan fingerprint density at radius 3 is 1.67 bits per heavy atom. The lowest BCUT2D eigenvalue weighted by Gasteiger charge is -2.32. The van der Waals surface area contributed by atoms with Gasteiger partial charge in [-0.2, -0.15) is 0 Å². The fourth-order valence-corrected chi connectivity index (χ4v) is 2.56. The Bertz CT molecular complexity index is 470. The summed E-state index contributed by atoms with van der Waals surface area (Å²) in [6.45, 7) is 5.85. The summed E-state index contributed by atoms with van der Waals surface area (Å²) < 4.78 is 0. The molecule has 0 amide bonds. The standard InChI is InChI=1S/C19H25NO/c1-3-19(21)16(2)20(14-17-10-6-4-7-11-17)15-18-12-8-5-9-13-18/h4-13,16,19,21H,3,14-15H2,1-2H3/t16-,19+/m0/s1. The summed E-state index contributed by atoms with van der Waals surface area (Å²) in [5.41, 5.74) is 2.56. The van der Waals surface area contributed by atoms with E-state index in [4.69, 9.17) is 0 Å². The van der Waals surface area contributed by atoms with Gasteiger partial charge in [-0.05, 0) is 24.5 Å². The highest BCUT2D eigenvalue weighted by Crippen LogP contribution is 2.16. The molecule has 0 aliphatic carbocycles. The first-order valence-corrected chi connectivity index (χ1v) is 7.70. The molecule has 2 heteroatoms. The quantitative estimate of drug-likeness (QED) is 0.834. The summed E-state index contributed by atoms with van der Waals surface area (Å²) in [6.07, 6.45) is 0.485. The first-order valence-electron chi connectivity index (χ1n) is 7.70. The monoisotopic (exact) mass is 283 g/mol. The number of rotatable bonds is 7. The van der Waals surface area contributed by atoms with E-state index in [0.717, 1.165) is 19.5 Å². The molecule has 0 saturated heterocycles. The lowest BCUT2D eigenvalue weighted by molar-refractivity contribution is 0.0469. The molecule has 0 aromatic heterocycles. The molecule has 0 radical (unpaired) electrons. The van der Waals surface area contributed by atoms with Crippen molar-refractivity contribution in [3.05, 3.63) is 71.8 Å². The highest BCUT2D eigenvalue weighted by molar-refractivity contribution is 5.17. The zero-order valence-corrected chi connectivity index (χ0v) is 12.9. The highest BCUT2D eigenvalue weighted by Gasteiger charge is 2.20. The molecule has 0 aliphatic rings. The average molecular weight is 283 g/mol. The molecular formula is C19H25NO. The smallest absolute Gasteiger partial charge is 0.0690 e. The largest absolute Gasteiger partial charge is 0.392 e. The van der Waals surface area contributed by atoms with Gasteiger partial charge >= 0.3 is 0 Å². The summed E-state index contributed by atoms with van der Waals surface area (Å²) in [5.74, 6) is 0. The molecule has 0 aliphatic heterocycles. The van der Waals surface area contributed by atoms with Gasteiger partial charge in [-0.1, -0.05) is 67.6 Å². The van der Waals surface area contributed by atoms with Crippen LogP contribution in [-0.2, 0) is 13.1 Å². The molecule has 2 nitrogen and oxygen atoms in total. The van der Waals surface area contributed by atoms with Gasteiger partial charge in [0.1, 0.15) is 0 Å². The second kappa shape index (κ2) is 7.96. The minimum absolute atomic E-state index is 0.135. The number of benzene rings is 2. The first-order chi connectivity index (χ1) is 10.2. The maximum absolute atomic E-state index is 10.2. The Morgan fingerprint density at radius 2 is 1.29 bits per heavy atom. The van der Waals surface area contributed by atoms with Crippen molar-refractivity contribution in [3.8, 4) is 0 Å². The third-order valence-corrected chi connectivity index (χ3v) is 4.01. The second-order valence-corrected chi connectivity index (χ2v) is 5.59. The topological polar surface area (TPSA) is 23.5 Å². The third kappa shape index (κ3) is 4.69. The molecule has 0 saturated carbocycles. The van der Waals surface area contributed by atoms with Crippen LogP contribution in [0.5, 0.6) is 0 Å². The van der Waals surface area contributed by atoms with E-state index in [1.165, 1.54) is 11.1 Å². The molecule has 0 spiro atoms. The average Bonchev–Trinajstić information content (AvgIpc) is 2.54. The first kappa shape index (κ1) is 15.7. The molecule has 0 unspecified atom stereocenters. The molecule has 1 N–H and O–H groups in total. The summed E-state index contributed by atoms with van der Waals surface area (Å²) in [4.78, 5) is 2.35. The summed E-state index contributed by atoms with van der Waals surface area (Å²) in [6, 6.07) is 21.0. The predicted octanol–water partition coefficient (Wildman–Crippen LogP) is 3.85. The lowest BCUT2D eigenvalue weighted by Crippen LogP contribution is -2.40. The number of aliphatic hydroxyl groups excluding tert-OH is 1. The Balaban J connectivity index is 2.13. The molecule has 0 bridgehead atoms. The predicted molar refractivity (Wildman–Crippen MR) is 87.9 cm³/mol. The number of aliphatic hydroxyl groups is 1. The molecule has 2 atom stereocenters. The van der Waals surface area contributed by atoms with Crippen molar-refractivity contribution in [1.29, 1.82) is 0 Å². The number of hydrogen-bond donors (Lipinski definition) is 1. The van der Waals surface area contributed by atoms with Crippen LogP contribution >= 0.6 is 0 Å². The van der Waals surface area contributed by atoms with Crippen molar-refractivity contribution in [1.82, 2.24) is 4.90 Å². The molecule has 2 rings (SSSR count). The van der Waals surface area contributed by atoms with Crippen molar-refractivity contribution in [2.75, 3.05) is 0 Å². The van der Waals surface area contributed by atoms with Crippen LogP contribution < -0.4 is 0 Å². The van der Waals surface area contributed by atoms with Crippen LogP contribution in [0.2, 0.25) is 0 Å². The number of hydrogen-bond acceptors (Lipinski definition) is 2. The zero-order valence-electron chi connectivity index (χ0n) is 12.9. The van der Waals surface area contributed by atoms with Crippen LogP contribution in [0.25, 0.3) is 0 Å². The van der Waals surface area contributed by atoms with E-state index in [1.54, 1.807) is 0 Å². The highest BCUT2D eigenvalue weighted by atomic mass is 16.3. The molecule has 2 aromatic carbocycles. The van der Waals surface area contributed by atoms with Gasteiger partial charge in [0.05, 0.1) is 6.10 Å². The fourth-order valence-electron chi connectivity index (χ4n) is 2.56. The van der Waals surface area contributed by atoms with Crippen LogP contribution in [-0.4, -0.2) is 22.2 Å². The maximum atomic E-state index is 10.2. The summed E-state index contributed by atoms with van der Waals surface area (Å²) in [5, 5.41) is 10.2. The van der Waals surface area contributed by atoms with Crippen molar-refractivity contribution in [2.24, 2.45) is 0 Å². The van der Waals surface area contributed by atoms with Crippen molar-refractivity contribution in [3.63, 3.8) is 0 Å². The molecule has 0 heterocycles. The Hall–Kier alpha value is -1.64. The molecule has 0 fully saturated rings. The van der Waals surface area contributed by atoms with E-state index < -0.39 is 0 Å². The Kier molecular flexibility index (Phi) is 5.97.